The highest BCUT2D eigenvalue weighted by Crippen LogP contribution is 2.15. The largest absolute Gasteiger partial charge is 0.319 e. The van der Waals surface area contributed by atoms with E-state index in [9.17, 15) is 9.59 Å². The van der Waals surface area contributed by atoms with Gasteiger partial charge in [-0.2, -0.15) is 4.99 Å². The van der Waals surface area contributed by atoms with Gasteiger partial charge in [0.25, 0.3) is 11.5 Å². The summed E-state index contributed by atoms with van der Waals surface area (Å²) in [6.45, 7) is 0.341. The molecule has 2 aromatic heterocycles. The SMILES string of the molecule is O=C(Cn1cnc2ccccc2c1=O)N=c1sccn1Cc1ccccc1Cl. The minimum absolute atomic E-state index is 0.166. The van der Waals surface area contributed by atoms with Gasteiger partial charge in [-0.1, -0.05) is 41.9 Å². The Bertz CT molecular complexity index is 1290. The smallest absolute Gasteiger partial charge is 0.268 e. The molecule has 0 aliphatic heterocycles. The Morgan fingerprint density at radius 3 is 2.75 bits per heavy atom. The minimum Gasteiger partial charge on any atom is -0.319 e. The van der Waals surface area contributed by atoms with Crippen LogP contribution in [0.15, 0.2) is 76.2 Å². The van der Waals surface area contributed by atoms with Crippen molar-refractivity contribution in [2.45, 2.75) is 13.1 Å². The van der Waals surface area contributed by atoms with Crippen molar-refractivity contribution in [2.75, 3.05) is 0 Å². The number of fused-ring (bicyclic) bond motifs is 1. The molecule has 0 aliphatic carbocycles. The Balaban J connectivity index is 1.60. The summed E-state index contributed by atoms with van der Waals surface area (Å²) in [5.41, 5.74) is 1.28. The first-order valence-corrected chi connectivity index (χ1v) is 9.76. The van der Waals surface area contributed by atoms with Gasteiger partial charge in [-0.3, -0.25) is 14.2 Å². The van der Waals surface area contributed by atoms with Gasteiger partial charge in [-0.25, -0.2) is 4.98 Å². The zero-order valence-corrected chi connectivity index (χ0v) is 16.2. The van der Waals surface area contributed by atoms with Crippen LogP contribution in [0.5, 0.6) is 0 Å². The molecule has 0 saturated carbocycles. The fourth-order valence-electron chi connectivity index (χ4n) is 2.82. The Kier molecular flexibility index (Phi) is 5.18. The molecule has 4 aromatic rings. The van der Waals surface area contributed by atoms with E-state index in [0.29, 0.717) is 27.3 Å². The summed E-state index contributed by atoms with van der Waals surface area (Å²) < 4.78 is 3.13. The lowest BCUT2D eigenvalue weighted by atomic mass is 10.2. The topological polar surface area (TPSA) is 69.2 Å². The number of thiazole rings is 1. The van der Waals surface area contributed by atoms with Crippen molar-refractivity contribution in [3.63, 3.8) is 0 Å². The number of carbonyl (C=O) groups is 1. The van der Waals surface area contributed by atoms with Gasteiger partial charge in [0.2, 0.25) is 0 Å². The van der Waals surface area contributed by atoms with Crippen LogP contribution < -0.4 is 10.4 Å². The molecule has 1 amide bonds. The maximum absolute atomic E-state index is 12.5. The fraction of sp³-hybridized carbons (Fsp3) is 0.100. The number of hydrogen-bond acceptors (Lipinski definition) is 4. The van der Waals surface area contributed by atoms with Gasteiger partial charge in [0.05, 0.1) is 23.8 Å². The second-order valence-corrected chi connectivity index (χ2v) is 7.39. The van der Waals surface area contributed by atoms with Crippen molar-refractivity contribution in [1.82, 2.24) is 14.1 Å². The fourth-order valence-corrected chi connectivity index (χ4v) is 3.76. The number of nitrogens with zero attached hydrogens (tertiary/aromatic N) is 4. The molecule has 28 heavy (non-hydrogen) atoms. The first kappa shape index (κ1) is 18.3. The van der Waals surface area contributed by atoms with Crippen LogP contribution in [0.4, 0.5) is 0 Å². The summed E-state index contributed by atoms with van der Waals surface area (Å²) >= 11 is 7.57. The number of hydrogen-bond donors (Lipinski definition) is 0. The van der Waals surface area contributed by atoms with Crippen LogP contribution in [0, 0.1) is 0 Å². The Morgan fingerprint density at radius 1 is 1.11 bits per heavy atom. The molecule has 6 nitrogen and oxygen atoms in total. The molecule has 0 radical (unpaired) electrons. The molecule has 2 heterocycles. The van der Waals surface area contributed by atoms with Crippen molar-refractivity contribution in [3.8, 4) is 0 Å². The van der Waals surface area contributed by atoms with Crippen molar-refractivity contribution >= 4 is 39.7 Å². The number of aromatic nitrogens is 3. The van der Waals surface area contributed by atoms with Gasteiger partial charge < -0.3 is 4.57 Å². The molecule has 4 rings (SSSR count). The van der Waals surface area contributed by atoms with E-state index in [2.05, 4.69) is 9.98 Å². The molecule has 0 saturated heterocycles. The van der Waals surface area contributed by atoms with Gasteiger partial charge in [-0.15, -0.1) is 11.3 Å². The van der Waals surface area contributed by atoms with Crippen LogP contribution in [0.2, 0.25) is 5.02 Å². The van der Waals surface area contributed by atoms with Gasteiger partial charge in [-0.05, 0) is 23.8 Å². The van der Waals surface area contributed by atoms with Crippen LogP contribution in [0.1, 0.15) is 5.56 Å². The Hall–Kier alpha value is -3.03. The lowest BCUT2D eigenvalue weighted by Crippen LogP contribution is -2.25. The summed E-state index contributed by atoms with van der Waals surface area (Å²) in [4.78, 5) is 33.9. The summed E-state index contributed by atoms with van der Waals surface area (Å²) in [6, 6.07) is 14.6. The third kappa shape index (κ3) is 3.81. The van der Waals surface area contributed by atoms with Crippen LogP contribution in [0.25, 0.3) is 10.9 Å². The zero-order valence-electron chi connectivity index (χ0n) is 14.7. The van der Waals surface area contributed by atoms with Crippen molar-refractivity contribution in [2.24, 2.45) is 4.99 Å². The zero-order chi connectivity index (χ0) is 19.5. The standard InChI is InChI=1S/C20H15ClN4O2S/c21-16-7-3-1-5-14(16)11-24-9-10-28-20(24)23-18(26)12-25-13-22-17-8-4-2-6-15(17)19(25)27/h1-10,13H,11-12H2. The Morgan fingerprint density at radius 2 is 1.89 bits per heavy atom. The second kappa shape index (κ2) is 7.92. The van der Waals surface area contributed by atoms with Crippen molar-refractivity contribution in [3.05, 3.63) is 92.2 Å². The highest BCUT2D eigenvalue weighted by Gasteiger charge is 2.08. The maximum atomic E-state index is 12.5. The molecule has 0 N–H and O–H groups in total. The average Bonchev–Trinajstić information content (AvgIpc) is 3.12. The molecule has 0 fully saturated rings. The van der Waals surface area contributed by atoms with E-state index >= 15 is 0 Å². The van der Waals surface area contributed by atoms with Crippen LogP contribution in [-0.2, 0) is 17.9 Å². The normalized spacial score (nSPS) is 11.8. The van der Waals surface area contributed by atoms with Crippen LogP contribution in [-0.4, -0.2) is 20.0 Å². The first-order valence-electron chi connectivity index (χ1n) is 8.51. The predicted molar refractivity (Wildman–Crippen MR) is 109 cm³/mol. The average molecular weight is 411 g/mol. The van der Waals surface area contributed by atoms with Gasteiger partial charge >= 0.3 is 0 Å². The molecule has 0 bridgehead atoms. The maximum Gasteiger partial charge on any atom is 0.268 e. The monoisotopic (exact) mass is 410 g/mol. The molecule has 140 valence electrons. The number of carbonyl (C=O) groups excluding carboxylic acids is 1. The summed E-state index contributed by atoms with van der Waals surface area (Å²) in [5.74, 6) is -0.422. The van der Waals surface area contributed by atoms with Crippen LogP contribution >= 0.6 is 22.9 Å². The van der Waals surface area contributed by atoms with E-state index in [1.807, 2.05) is 46.5 Å². The third-order valence-electron chi connectivity index (χ3n) is 4.22. The molecule has 8 heteroatoms. The molecular formula is C20H15ClN4O2S. The molecule has 0 atom stereocenters. The first-order chi connectivity index (χ1) is 13.6. The van der Waals surface area contributed by atoms with Gasteiger partial charge in [0, 0.05) is 16.6 Å². The Labute approximate surface area is 169 Å². The quantitative estimate of drug-likeness (QED) is 0.519. The van der Waals surface area contributed by atoms with Crippen molar-refractivity contribution in [1.29, 1.82) is 0 Å². The van der Waals surface area contributed by atoms with E-state index in [0.717, 1.165) is 5.56 Å². The molecule has 2 aromatic carbocycles. The third-order valence-corrected chi connectivity index (χ3v) is 5.38. The molecular weight excluding hydrogens is 396 g/mol. The number of para-hydroxylation sites is 1. The van der Waals surface area contributed by atoms with E-state index < -0.39 is 5.91 Å². The lowest BCUT2D eigenvalue weighted by Gasteiger charge is -2.06. The number of benzene rings is 2. The second-order valence-electron chi connectivity index (χ2n) is 6.11. The summed E-state index contributed by atoms with van der Waals surface area (Å²) in [7, 11) is 0. The number of halogens is 1. The van der Waals surface area contributed by atoms with E-state index in [-0.39, 0.29) is 12.1 Å². The number of rotatable bonds is 4. The van der Waals surface area contributed by atoms with Gasteiger partial charge in [0.1, 0.15) is 6.54 Å². The molecule has 0 aliphatic rings. The van der Waals surface area contributed by atoms with E-state index in [1.165, 1.54) is 22.2 Å². The highest BCUT2D eigenvalue weighted by molar-refractivity contribution is 7.07. The summed E-state index contributed by atoms with van der Waals surface area (Å²) in [5, 5.41) is 2.99. The lowest BCUT2D eigenvalue weighted by molar-refractivity contribution is -0.118. The minimum atomic E-state index is -0.422. The van der Waals surface area contributed by atoms with Gasteiger partial charge in [0.15, 0.2) is 4.80 Å². The molecule has 0 unspecified atom stereocenters. The van der Waals surface area contributed by atoms with Crippen LogP contribution in [0.3, 0.4) is 0 Å². The number of amides is 1. The predicted octanol–water partition coefficient (Wildman–Crippen LogP) is 3.09. The molecule has 0 spiro atoms. The summed E-state index contributed by atoms with van der Waals surface area (Å²) in [6.07, 6.45) is 3.23. The highest BCUT2D eigenvalue weighted by atomic mass is 35.5. The van der Waals surface area contributed by atoms with Crippen molar-refractivity contribution < 1.29 is 4.79 Å². The van der Waals surface area contributed by atoms with E-state index in [1.54, 1.807) is 18.2 Å². The van der Waals surface area contributed by atoms with E-state index in [4.69, 9.17) is 11.6 Å².